The minimum Gasteiger partial charge on any atom is -0.493 e. The van der Waals surface area contributed by atoms with Crippen molar-refractivity contribution >= 4 is 22.8 Å². The van der Waals surface area contributed by atoms with Crippen molar-refractivity contribution in [2.45, 2.75) is 57.3 Å². The molecule has 202 valence electrons. The average Bonchev–Trinajstić information content (AvgIpc) is 3.64. The van der Waals surface area contributed by atoms with Gasteiger partial charge < -0.3 is 25.1 Å². The van der Waals surface area contributed by atoms with Crippen LogP contribution in [0.25, 0.3) is 22.3 Å². The van der Waals surface area contributed by atoms with Gasteiger partial charge in [0.2, 0.25) is 5.91 Å². The molecular weight excluding hydrogens is 496 g/mol. The van der Waals surface area contributed by atoms with Gasteiger partial charge in [0, 0.05) is 30.8 Å². The largest absolute Gasteiger partial charge is 0.493 e. The number of nitrogens with one attached hydrogen (secondary N) is 3. The number of methoxy groups -OCH3 is 1. The van der Waals surface area contributed by atoms with Crippen LogP contribution in [0.2, 0.25) is 0 Å². The van der Waals surface area contributed by atoms with E-state index in [2.05, 4.69) is 25.6 Å². The molecule has 5 rings (SSSR count). The fraction of sp³-hybridized carbons (Fsp3) is 0.481. The molecule has 2 aliphatic carbocycles. The van der Waals surface area contributed by atoms with E-state index < -0.39 is 24.1 Å². The van der Waals surface area contributed by atoms with Crippen LogP contribution in [-0.4, -0.2) is 65.3 Å². The monoisotopic (exact) mass is 527 g/mol. The van der Waals surface area contributed by atoms with Crippen LogP contribution in [0.4, 0.5) is 8.78 Å². The summed E-state index contributed by atoms with van der Waals surface area (Å²) in [5.74, 6) is -0.155. The smallest absolute Gasteiger partial charge is 0.255 e. The van der Waals surface area contributed by atoms with E-state index in [0.717, 1.165) is 12.8 Å². The first kappa shape index (κ1) is 26.0. The Hall–Kier alpha value is -3.60. The lowest BCUT2D eigenvalue weighted by Gasteiger charge is -2.32. The molecule has 1 aromatic carbocycles. The third-order valence-corrected chi connectivity index (χ3v) is 7.10. The Morgan fingerprint density at radius 1 is 1.16 bits per heavy atom. The van der Waals surface area contributed by atoms with Crippen LogP contribution in [0, 0.1) is 18.7 Å². The maximum Gasteiger partial charge on any atom is 0.255 e. The van der Waals surface area contributed by atoms with Gasteiger partial charge >= 0.3 is 0 Å². The number of alkyl halides is 1. The zero-order valence-electron chi connectivity index (χ0n) is 21.4. The second kappa shape index (κ2) is 11.0. The normalized spacial score (nSPS) is 21.3. The lowest BCUT2D eigenvalue weighted by molar-refractivity contribution is -0.126. The van der Waals surface area contributed by atoms with Gasteiger partial charge in [-0.2, -0.15) is 0 Å². The molecule has 2 saturated carbocycles. The van der Waals surface area contributed by atoms with Crippen molar-refractivity contribution in [2.75, 3.05) is 20.3 Å². The molecular formula is C27H31F2N5O4. The van der Waals surface area contributed by atoms with E-state index in [1.165, 1.54) is 25.6 Å². The summed E-state index contributed by atoms with van der Waals surface area (Å²) in [6.07, 6.45) is 3.26. The Morgan fingerprint density at radius 2 is 1.97 bits per heavy atom. The Balaban J connectivity index is 1.35. The number of carbonyl (C=O) groups excluding carboxylic acids is 2. The molecule has 38 heavy (non-hydrogen) atoms. The second-order valence-corrected chi connectivity index (χ2v) is 10.1. The van der Waals surface area contributed by atoms with Gasteiger partial charge in [0.1, 0.15) is 41.9 Å². The van der Waals surface area contributed by atoms with Gasteiger partial charge in [0.15, 0.2) is 0 Å². The maximum atomic E-state index is 14.8. The molecule has 0 bridgehead atoms. The summed E-state index contributed by atoms with van der Waals surface area (Å²) in [6, 6.07) is 3.29. The van der Waals surface area contributed by atoms with Gasteiger partial charge in [-0.1, -0.05) is 0 Å². The van der Waals surface area contributed by atoms with Crippen LogP contribution in [0.5, 0.6) is 5.75 Å². The summed E-state index contributed by atoms with van der Waals surface area (Å²) in [5, 5.41) is 5.56. The Bertz CT molecular complexity index is 1340. The van der Waals surface area contributed by atoms with E-state index in [1.807, 2.05) is 0 Å². The molecule has 0 aliphatic heterocycles. The molecule has 3 atom stereocenters. The molecule has 2 fully saturated rings. The molecule has 3 N–H and O–H groups in total. The molecule has 0 spiro atoms. The number of hydrogen-bond acceptors (Lipinski definition) is 6. The molecule has 0 unspecified atom stereocenters. The van der Waals surface area contributed by atoms with Crippen LogP contribution in [-0.2, 0) is 9.53 Å². The van der Waals surface area contributed by atoms with Crippen LogP contribution < -0.4 is 15.4 Å². The average molecular weight is 528 g/mol. The summed E-state index contributed by atoms with van der Waals surface area (Å²) >= 11 is 0. The molecule has 0 radical (unpaired) electrons. The summed E-state index contributed by atoms with van der Waals surface area (Å²) in [7, 11) is 1.40. The number of benzene rings is 1. The number of rotatable bonds is 9. The van der Waals surface area contributed by atoms with E-state index in [1.54, 1.807) is 13.0 Å². The number of aromatic amines is 1. The fourth-order valence-electron chi connectivity index (χ4n) is 4.95. The Labute approximate surface area is 218 Å². The number of hydrogen-bond donors (Lipinski definition) is 3. The van der Waals surface area contributed by atoms with Gasteiger partial charge in [0.05, 0.1) is 23.7 Å². The highest BCUT2D eigenvalue weighted by Gasteiger charge is 2.33. The first-order chi connectivity index (χ1) is 18.3. The van der Waals surface area contributed by atoms with Crippen LogP contribution >= 0.6 is 0 Å². The predicted molar refractivity (Wildman–Crippen MR) is 136 cm³/mol. The molecule has 11 heteroatoms. The second-order valence-electron chi connectivity index (χ2n) is 10.1. The van der Waals surface area contributed by atoms with Crippen molar-refractivity contribution < 1.29 is 27.8 Å². The molecule has 3 aromatic rings. The first-order valence-corrected chi connectivity index (χ1v) is 12.8. The standard InChI is InChI=1S/C27H31F2N5O4/c1-14-23(27(36)33-17-6-7-20(19(29)10-17)34-22(35)12-37-2)25-26(32-14)24(30-13-31-25)18-9-16(28)5-8-21(18)38-11-15-3-4-15/h5,8-9,13,15,17,19-20,32H,3-4,6-7,10-12H2,1-2H3,(H,33,36)(H,34,35)/t17-,19+,20-/m0/s1. The minimum atomic E-state index is -1.30. The Kier molecular flexibility index (Phi) is 7.55. The number of ether oxygens (including phenoxy) is 2. The molecule has 2 aromatic heterocycles. The van der Waals surface area contributed by atoms with Gasteiger partial charge in [-0.3, -0.25) is 9.59 Å². The van der Waals surface area contributed by atoms with Crippen LogP contribution in [0.1, 0.15) is 48.2 Å². The van der Waals surface area contributed by atoms with Crippen LogP contribution in [0.3, 0.4) is 0 Å². The summed E-state index contributed by atoms with van der Waals surface area (Å²) in [5.41, 5.74) is 2.67. The molecule has 0 saturated heterocycles. The van der Waals surface area contributed by atoms with E-state index in [4.69, 9.17) is 9.47 Å². The first-order valence-electron chi connectivity index (χ1n) is 12.8. The minimum absolute atomic E-state index is 0.0797. The van der Waals surface area contributed by atoms with Crippen molar-refractivity contribution in [3.63, 3.8) is 0 Å². The number of H-pyrrole nitrogens is 1. The topological polar surface area (TPSA) is 118 Å². The van der Waals surface area contributed by atoms with Crippen molar-refractivity contribution in [1.82, 2.24) is 25.6 Å². The zero-order chi connectivity index (χ0) is 26.8. The highest BCUT2D eigenvalue weighted by molar-refractivity contribution is 6.09. The fourth-order valence-corrected chi connectivity index (χ4v) is 4.95. The quantitative estimate of drug-likeness (QED) is 0.391. The number of aromatic nitrogens is 3. The number of nitrogens with zero attached hydrogens (tertiary/aromatic N) is 2. The van der Waals surface area contributed by atoms with E-state index in [-0.39, 0.29) is 24.8 Å². The predicted octanol–water partition coefficient (Wildman–Crippen LogP) is 3.61. The van der Waals surface area contributed by atoms with Crippen molar-refractivity contribution in [2.24, 2.45) is 5.92 Å². The van der Waals surface area contributed by atoms with Crippen molar-refractivity contribution in [3.8, 4) is 17.0 Å². The molecule has 2 heterocycles. The number of fused-ring (bicyclic) bond motifs is 1. The lowest BCUT2D eigenvalue weighted by Crippen LogP contribution is -2.50. The van der Waals surface area contributed by atoms with Crippen LogP contribution in [0.15, 0.2) is 24.5 Å². The highest BCUT2D eigenvalue weighted by atomic mass is 19.1. The van der Waals surface area contributed by atoms with Gasteiger partial charge in [-0.15, -0.1) is 0 Å². The summed E-state index contributed by atoms with van der Waals surface area (Å²) < 4.78 is 39.8. The number of halogens is 2. The lowest BCUT2D eigenvalue weighted by atomic mass is 9.89. The number of aryl methyl sites for hydroxylation is 1. The SMILES string of the molecule is COCC(=O)N[C@H]1CC[C@H](NC(=O)c2c(C)[nH]c3c(-c4cc(F)ccc4OCC4CC4)ncnc23)C[C@H]1F. The summed E-state index contributed by atoms with van der Waals surface area (Å²) in [4.78, 5) is 37.0. The summed E-state index contributed by atoms with van der Waals surface area (Å²) in [6.45, 7) is 2.17. The van der Waals surface area contributed by atoms with Gasteiger partial charge in [-0.25, -0.2) is 18.7 Å². The maximum absolute atomic E-state index is 14.8. The Morgan fingerprint density at radius 3 is 2.71 bits per heavy atom. The molecule has 9 nitrogen and oxygen atoms in total. The van der Waals surface area contributed by atoms with E-state index >= 15 is 0 Å². The number of carbonyl (C=O) groups is 2. The van der Waals surface area contributed by atoms with Gasteiger partial charge in [0.25, 0.3) is 5.91 Å². The van der Waals surface area contributed by atoms with Crippen molar-refractivity contribution in [3.05, 3.63) is 41.6 Å². The third kappa shape index (κ3) is 5.62. The molecule has 2 aliphatic rings. The number of amides is 2. The van der Waals surface area contributed by atoms with E-state index in [0.29, 0.717) is 64.7 Å². The third-order valence-electron chi connectivity index (χ3n) is 7.10. The highest BCUT2D eigenvalue weighted by Crippen LogP contribution is 2.37. The van der Waals surface area contributed by atoms with E-state index in [9.17, 15) is 18.4 Å². The molecule has 2 amide bonds. The van der Waals surface area contributed by atoms with Crippen molar-refractivity contribution in [1.29, 1.82) is 0 Å². The zero-order valence-corrected chi connectivity index (χ0v) is 21.4. The van der Waals surface area contributed by atoms with Gasteiger partial charge in [-0.05, 0) is 56.7 Å².